The third kappa shape index (κ3) is 3.73. The first-order chi connectivity index (χ1) is 16.3. The molecule has 11 nitrogen and oxygen atoms in total. The molecule has 2 N–H and O–H groups in total. The second-order valence-electron chi connectivity index (χ2n) is 8.47. The molecule has 4 aromatic heterocycles. The van der Waals surface area contributed by atoms with Crippen LogP contribution in [0.4, 0.5) is 0 Å². The van der Waals surface area contributed by atoms with Crippen LogP contribution in [0.2, 0.25) is 0 Å². The predicted molar refractivity (Wildman–Crippen MR) is 124 cm³/mol. The fourth-order valence-electron chi connectivity index (χ4n) is 4.43. The second-order valence-corrected chi connectivity index (χ2v) is 8.47. The second kappa shape index (κ2) is 8.41. The number of aliphatic hydroxyl groups excluding tert-OH is 1. The number of aromatic amines is 1. The van der Waals surface area contributed by atoms with Crippen molar-refractivity contribution in [3.63, 3.8) is 0 Å². The summed E-state index contributed by atoms with van der Waals surface area (Å²) in [5, 5.41) is 9.88. The van der Waals surface area contributed by atoms with Gasteiger partial charge in [0.15, 0.2) is 0 Å². The number of aryl methyl sites for hydroxylation is 1. The van der Waals surface area contributed by atoms with Crippen molar-refractivity contribution in [2.45, 2.75) is 38.8 Å². The number of aliphatic hydroxyl groups is 1. The molecule has 174 valence electrons. The maximum Gasteiger partial charge on any atom is 0.329 e. The topological polar surface area (TPSA) is 147 Å². The summed E-state index contributed by atoms with van der Waals surface area (Å²) in [5.41, 5.74) is 1.63. The highest BCUT2D eigenvalue weighted by Crippen LogP contribution is 2.28. The van der Waals surface area contributed by atoms with Gasteiger partial charge in [0.2, 0.25) is 0 Å². The van der Waals surface area contributed by atoms with Gasteiger partial charge in [-0.25, -0.2) is 19.7 Å². The molecule has 34 heavy (non-hydrogen) atoms. The molecular weight excluding hydrogens is 438 g/mol. The zero-order valence-electron chi connectivity index (χ0n) is 18.7. The number of rotatable bonds is 3. The largest absolute Gasteiger partial charge is 0.384 e. The summed E-state index contributed by atoms with van der Waals surface area (Å²) in [7, 11) is 0. The Morgan fingerprint density at radius 1 is 1.12 bits per heavy atom. The van der Waals surface area contributed by atoms with Crippen LogP contribution in [0.25, 0.3) is 33.2 Å². The number of likely N-dealkylation sites (tertiary alicyclic amines) is 1. The monoisotopic (exact) mass is 461 g/mol. The standard InChI is InChI=1S/C23H23N7O4/c1-12(31)22(33)29-7-5-15(6-8-29)30-20-16(21(32)28-23(30)34)11-26-18-4-3-17(27-19(18)20)14-9-24-13(2)25-10-14/h3-4,9-12,15,31H,5-8H2,1-2H3,(H,28,32,34)/t12-/m0/s1. The van der Waals surface area contributed by atoms with E-state index in [2.05, 4.69) is 19.9 Å². The molecule has 4 aromatic rings. The molecule has 11 heteroatoms. The quantitative estimate of drug-likeness (QED) is 0.429. The van der Waals surface area contributed by atoms with E-state index in [0.717, 1.165) is 0 Å². The first-order valence-electron chi connectivity index (χ1n) is 11.0. The van der Waals surface area contributed by atoms with Crippen molar-refractivity contribution < 1.29 is 9.90 Å². The number of pyridine rings is 2. The van der Waals surface area contributed by atoms with Gasteiger partial charge in [-0.1, -0.05) is 0 Å². The molecule has 0 radical (unpaired) electrons. The average Bonchev–Trinajstić information content (AvgIpc) is 2.84. The van der Waals surface area contributed by atoms with E-state index < -0.39 is 17.4 Å². The van der Waals surface area contributed by atoms with E-state index in [4.69, 9.17) is 4.98 Å². The van der Waals surface area contributed by atoms with E-state index >= 15 is 0 Å². The van der Waals surface area contributed by atoms with E-state index in [1.165, 1.54) is 13.1 Å². The molecule has 1 amide bonds. The fraction of sp³-hybridized carbons (Fsp3) is 0.348. The lowest BCUT2D eigenvalue weighted by Gasteiger charge is -2.34. The Labute approximate surface area is 193 Å². The van der Waals surface area contributed by atoms with Crippen LogP contribution >= 0.6 is 0 Å². The Balaban J connectivity index is 1.66. The van der Waals surface area contributed by atoms with Crippen LogP contribution in [0.15, 0.2) is 40.3 Å². The van der Waals surface area contributed by atoms with Gasteiger partial charge in [0.25, 0.3) is 11.5 Å². The third-order valence-electron chi connectivity index (χ3n) is 6.19. The first kappa shape index (κ1) is 21.8. The molecule has 0 spiro atoms. The van der Waals surface area contributed by atoms with Gasteiger partial charge < -0.3 is 10.0 Å². The highest BCUT2D eigenvalue weighted by molar-refractivity contribution is 6.01. The Bertz CT molecular complexity index is 1520. The molecule has 0 aliphatic carbocycles. The number of hydrogen-bond acceptors (Lipinski definition) is 8. The third-order valence-corrected chi connectivity index (χ3v) is 6.19. The zero-order valence-corrected chi connectivity index (χ0v) is 18.7. The number of carbonyl (C=O) groups is 1. The maximum absolute atomic E-state index is 13.0. The van der Waals surface area contributed by atoms with E-state index in [1.807, 2.05) is 0 Å². The number of nitrogens with one attached hydrogen (secondary N) is 1. The molecule has 0 unspecified atom stereocenters. The van der Waals surface area contributed by atoms with Gasteiger partial charge in [0.05, 0.1) is 22.1 Å². The van der Waals surface area contributed by atoms with E-state index in [-0.39, 0.29) is 17.3 Å². The van der Waals surface area contributed by atoms with Gasteiger partial charge in [0, 0.05) is 43.3 Å². The minimum Gasteiger partial charge on any atom is -0.384 e. The molecule has 0 bridgehead atoms. The van der Waals surface area contributed by atoms with Gasteiger partial charge in [-0.15, -0.1) is 0 Å². The lowest BCUT2D eigenvalue weighted by Crippen LogP contribution is -2.45. The maximum atomic E-state index is 13.0. The van der Waals surface area contributed by atoms with E-state index in [1.54, 1.807) is 40.9 Å². The molecule has 1 aliphatic heterocycles. The van der Waals surface area contributed by atoms with Crippen molar-refractivity contribution in [1.82, 2.24) is 34.4 Å². The van der Waals surface area contributed by atoms with Crippen molar-refractivity contribution in [2.24, 2.45) is 0 Å². The SMILES string of the molecule is Cc1ncc(-c2ccc3ncc4c(=O)[nH]c(=O)n(C5CCN(C(=O)[C@H](C)O)CC5)c4c3n2)cn1. The van der Waals surface area contributed by atoms with Crippen LogP contribution in [0.3, 0.4) is 0 Å². The molecule has 5 heterocycles. The molecule has 0 aromatic carbocycles. The Kier molecular flexibility index (Phi) is 5.40. The van der Waals surface area contributed by atoms with Crippen LogP contribution in [0.1, 0.15) is 31.6 Å². The lowest BCUT2D eigenvalue weighted by molar-refractivity contribution is -0.140. The minimum absolute atomic E-state index is 0.260. The smallest absolute Gasteiger partial charge is 0.329 e. The van der Waals surface area contributed by atoms with Gasteiger partial charge >= 0.3 is 5.69 Å². The van der Waals surface area contributed by atoms with Crippen LogP contribution < -0.4 is 11.2 Å². The normalized spacial score (nSPS) is 15.7. The highest BCUT2D eigenvalue weighted by Gasteiger charge is 2.28. The average molecular weight is 461 g/mol. The Hall–Kier alpha value is -3.99. The molecule has 1 saturated heterocycles. The van der Waals surface area contributed by atoms with Crippen molar-refractivity contribution in [2.75, 3.05) is 13.1 Å². The van der Waals surface area contributed by atoms with Crippen molar-refractivity contribution in [3.8, 4) is 11.3 Å². The number of H-pyrrole nitrogens is 1. The number of fused-ring (bicyclic) bond motifs is 3. The van der Waals surface area contributed by atoms with Gasteiger partial charge in [0.1, 0.15) is 17.4 Å². The summed E-state index contributed by atoms with van der Waals surface area (Å²) in [5.74, 6) is 0.302. The molecule has 1 fully saturated rings. The molecular formula is C23H23N7O4. The van der Waals surface area contributed by atoms with Gasteiger partial charge in [-0.2, -0.15) is 0 Å². The predicted octanol–water partition coefficient (Wildman–Crippen LogP) is 0.943. The minimum atomic E-state index is -1.07. The van der Waals surface area contributed by atoms with E-state index in [9.17, 15) is 19.5 Å². The van der Waals surface area contributed by atoms with Crippen molar-refractivity contribution in [1.29, 1.82) is 0 Å². The van der Waals surface area contributed by atoms with Crippen LogP contribution in [-0.2, 0) is 4.79 Å². The van der Waals surface area contributed by atoms with Crippen molar-refractivity contribution >= 4 is 27.8 Å². The number of carbonyl (C=O) groups excluding carboxylic acids is 1. The van der Waals surface area contributed by atoms with Gasteiger partial charge in [-0.3, -0.25) is 24.1 Å². The number of nitrogens with zero attached hydrogens (tertiary/aromatic N) is 6. The highest BCUT2D eigenvalue weighted by atomic mass is 16.3. The van der Waals surface area contributed by atoms with Gasteiger partial charge in [-0.05, 0) is 38.8 Å². The fourth-order valence-corrected chi connectivity index (χ4v) is 4.43. The van der Waals surface area contributed by atoms with Crippen LogP contribution in [0, 0.1) is 6.92 Å². The Morgan fingerprint density at radius 2 is 1.82 bits per heavy atom. The van der Waals surface area contributed by atoms with Crippen molar-refractivity contribution in [3.05, 3.63) is 57.4 Å². The summed E-state index contributed by atoms with van der Waals surface area (Å²) in [6, 6.07) is 3.32. The zero-order chi connectivity index (χ0) is 24.0. The molecule has 1 aliphatic rings. The first-order valence-corrected chi connectivity index (χ1v) is 11.0. The van der Waals surface area contributed by atoms with Crippen LogP contribution in [0.5, 0.6) is 0 Å². The summed E-state index contributed by atoms with van der Waals surface area (Å²) in [6.07, 6.45) is 4.71. The molecule has 0 saturated carbocycles. The number of hydrogen-bond donors (Lipinski definition) is 2. The summed E-state index contributed by atoms with van der Waals surface area (Å²) < 4.78 is 1.56. The lowest BCUT2D eigenvalue weighted by atomic mass is 10.0. The van der Waals surface area contributed by atoms with E-state index in [0.29, 0.717) is 59.6 Å². The summed E-state index contributed by atoms with van der Waals surface area (Å²) in [6.45, 7) is 4.02. The number of piperidine rings is 1. The Morgan fingerprint density at radius 3 is 2.50 bits per heavy atom. The summed E-state index contributed by atoms with van der Waals surface area (Å²) >= 11 is 0. The summed E-state index contributed by atoms with van der Waals surface area (Å²) in [4.78, 5) is 59.4. The number of aromatic nitrogens is 6. The molecule has 1 atom stereocenters. The number of amides is 1. The van der Waals surface area contributed by atoms with Crippen LogP contribution in [-0.4, -0.2) is 64.6 Å². The molecule has 5 rings (SSSR count).